The molecule has 0 heterocycles. The standard InChI is InChI=1S/C45H40N4/c1-32(13-11-29-46)23-28-43(49-44(48)33(2)14-12-30-47)36-16-10-15-35(31-36)34-24-26-38(27-25-34)45(37-17-4-3-5-18-37)41-21-8-6-19-39(41)40-20-7-9-22-42(40)45/h3-22,24-31,46H,1,23,47H2,2H3,(H2,48,49)/b13-11-,30-12-,33-14+,43-28-,46-29?. The fourth-order valence-corrected chi connectivity index (χ4v) is 6.69. The number of aliphatic imine (C=N–C) groups is 1. The van der Waals surface area contributed by atoms with Crippen molar-refractivity contribution >= 4 is 17.7 Å². The summed E-state index contributed by atoms with van der Waals surface area (Å²) in [7, 11) is 0. The summed E-state index contributed by atoms with van der Waals surface area (Å²) >= 11 is 0. The molecule has 0 saturated heterocycles. The van der Waals surface area contributed by atoms with E-state index in [1.807, 2.05) is 31.2 Å². The van der Waals surface area contributed by atoms with Crippen LogP contribution in [0.1, 0.15) is 41.2 Å². The van der Waals surface area contributed by atoms with Crippen molar-refractivity contribution in [2.45, 2.75) is 18.8 Å². The topological polar surface area (TPSA) is 88.2 Å². The summed E-state index contributed by atoms with van der Waals surface area (Å²) in [6.07, 6.45) is 12.4. The molecule has 4 heteroatoms. The van der Waals surface area contributed by atoms with Crippen molar-refractivity contribution in [3.63, 3.8) is 0 Å². The lowest BCUT2D eigenvalue weighted by Gasteiger charge is -2.34. The van der Waals surface area contributed by atoms with Crippen LogP contribution < -0.4 is 11.5 Å². The first-order valence-corrected chi connectivity index (χ1v) is 16.4. The summed E-state index contributed by atoms with van der Waals surface area (Å²) in [6, 6.07) is 45.8. The Labute approximate surface area is 289 Å². The summed E-state index contributed by atoms with van der Waals surface area (Å²) in [5, 5.41) is 7.30. The number of fused-ring (bicyclic) bond motifs is 3. The van der Waals surface area contributed by atoms with E-state index in [2.05, 4.69) is 128 Å². The molecular weight excluding hydrogens is 597 g/mol. The van der Waals surface area contributed by atoms with Gasteiger partial charge in [0.05, 0.1) is 11.1 Å². The second kappa shape index (κ2) is 14.7. The monoisotopic (exact) mass is 636 g/mol. The second-order valence-electron chi connectivity index (χ2n) is 12.1. The summed E-state index contributed by atoms with van der Waals surface area (Å²) in [4.78, 5) is 4.84. The molecule has 0 fully saturated rings. The molecule has 240 valence electrons. The second-order valence-corrected chi connectivity index (χ2v) is 12.1. The highest BCUT2D eigenvalue weighted by molar-refractivity contribution is 6.00. The minimum atomic E-state index is -0.435. The Hall–Kier alpha value is -6.26. The van der Waals surface area contributed by atoms with E-state index in [0.717, 1.165) is 33.5 Å². The normalized spacial score (nSPS) is 14.2. The molecule has 4 nitrogen and oxygen atoms in total. The first kappa shape index (κ1) is 32.7. The number of nitrogens with two attached hydrogens (primary N) is 2. The third kappa shape index (κ3) is 6.50. The van der Waals surface area contributed by atoms with Crippen molar-refractivity contribution in [2.24, 2.45) is 16.5 Å². The van der Waals surface area contributed by atoms with Crippen molar-refractivity contribution < 1.29 is 0 Å². The molecule has 0 aliphatic heterocycles. The molecule has 0 spiro atoms. The highest BCUT2D eigenvalue weighted by Gasteiger charge is 2.45. The smallest absolute Gasteiger partial charge is 0.126 e. The van der Waals surface area contributed by atoms with Crippen molar-refractivity contribution in [3.8, 4) is 22.3 Å². The Morgan fingerprint density at radius 2 is 1.39 bits per heavy atom. The predicted molar refractivity (Wildman–Crippen MR) is 208 cm³/mol. The van der Waals surface area contributed by atoms with E-state index in [9.17, 15) is 0 Å². The Morgan fingerprint density at radius 3 is 2.04 bits per heavy atom. The van der Waals surface area contributed by atoms with Crippen LogP contribution in [0.4, 0.5) is 0 Å². The van der Waals surface area contributed by atoms with E-state index >= 15 is 0 Å². The van der Waals surface area contributed by atoms with Crippen LogP contribution in [-0.4, -0.2) is 12.1 Å². The fourth-order valence-electron chi connectivity index (χ4n) is 6.69. The number of hydrogen-bond donors (Lipinski definition) is 3. The van der Waals surface area contributed by atoms with E-state index in [-0.39, 0.29) is 0 Å². The molecular formula is C45H40N4. The summed E-state index contributed by atoms with van der Waals surface area (Å²) < 4.78 is 0. The van der Waals surface area contributed by atoms with Gasteiger partial charge in [-0.2, -0.15) is 0 Å². The van der Waals surface area contributed by atoms with Gasteiger partial charge >= 0.3 is 0 Å². The molecule has 0 bridgehead atoms. The highest BCUT2D eigenvalue weighted by atomic mass is 14.9. The number of nitrogens with zero attached hydrogens (tertiary/aromatic N) is 1. The van der Waals surface area contributed by atoms with Gasteiger partial charge in [0.1, 0.15) is 5.84 Å². The van der Waals surface area contributed by atoms with E-state index in [1.54, 1.807) is 12.2 Å². The minimum absolute atomic E-state index is 0.406. The number of allylic oxidation sites excluding steroid dienone is 6. The quantitative estimate of drug-likeness (QED) is 0.0751. The Balaban J connectivity index is 1.43. The lowest BCUT2D eigenvalue weighted by molar-refractivity contribution is 0.768. The van der Waals surface area contributed by atoms with Crippen molar-refractivity contribution in [3.05, 3.63) is 210 Å². The lowest BCUT2D eigenvalue weighted by atomic mass is 9.67. The molecule has 5 aromatic rings. The predicted octanol–water partition coefficient (Wildman–Crippen LogP) is 9.99. The Bertz CT molecular complexity index is 2100. The zero-order chi connectivity index (χ0) is 34.2. The van der Waals surface area contributed by atoms with Crippen LogP contribution in [-0.2, 0) is 5.41 Å². The van der Waals surface area contributed by atoms with Crippen molar-refractivity contribution in [1.82, 2.24) is 0 Å². The third-order valence-electron chi connectivity index (χ3n) is 9.06. The maximum atomic E-state index is 7.30. The van der Waals surface area contributed by atoms with E-state index in [0.29, 0.717) is 12.3 Å². The lowest BCUT2D eigenvalue weighted by Crippen LogP contribution is -2.28. The molecule has 1 aliphatic carbocycles. The Morgan fingerprint density at radius 1 is 0.755 bits per heavy atom. The van der Waals surface area contributed by atoms with Gasteiger partial charge in [-0.05, 0) is 87.8 Å². The molecule has 5 N–H and O–H groups in total. The molecule has 1 aliphatic rings. The third-order valence-corrected chi connectivity index (χ3v) is 9.06. The first-order chi connectivity index (χ1) is 24.0. The molecule has 49 heavy (non-hydrogen) atoms. The van der Waals surface area contributed by atoms with E-state index in [4.69, 9.17) is 21.9 Å². The van der Waals surface area contributed by atoms with Crippen LogP contribution in [0, 0.1) is 5.41 Å². The summed E-state index contributed by atoms with van der Waals surface area (Å²) in [5.41, 5.74) is 24.7. The molecule has 0 unspecified atom stereocenters. The number of nitrogens with one attached hydrogen (secondary N) is 1. The number of benzene rings is 5. The van der Waals surface area contributed by atoms with Gasteiger partial charge in [0.2, 0.25) is 0 Å². The maximum Gasteiger partial charge on any atom is 0.126 e. The van der Waals surface area contributed by atoms with Crippen LogP contribution in [0.5, 0.6) is 0 Å². The number of hydrogen-bond acceptors (Lipinski definition) is 3. The van der Waals surface area contributed by atoms with Gasteiger partial charge in [-0.15, -0.1) is 0 Å². The molecule has 0 saturated carbocycles. The van der Waals surface area contributed by atoms with Gasteiger partial charge in [0, 0.05) is 11.8 Å². The van der Waals surface area contributed by atoms with Crippen LogP contribution in [0.25, 0.3) is 28.0 Å². The minimum Gasteiger partial charge on any atom is -0.405 e. The average Bonchev–Trinajstić information content (AvgIpc) is 3.46. The Kier molecular flexibility index (Phi) is 9.78. The molecule has 6 rings (SSSR count). The van der Waals surface area contributed by atoms with Crippen LogP contribution in [0.2, 0.25) is 0 Å². The van der Waals surface area contributed by atoms with Gasteiger partial charge in [-0.1, -0.05) is 152 Å². The maximum absolute atomic E-state index is 7.30. The highest BCUT2D eigenvalue weighted by Crippen LogP contribution is 2.56. The SMILES string of the molecule is C=C(/C=C\C=N)C\C=C(/N=C(N)/C(C)=C/C=C\N)c1cccc(-c2ccc(C3(c4ccccc4)c4ccccc4-c4ccccc43)cc2)c1. The van der Waals surface area contributed by atoms with Gasteiger partial charge < -0.3 is 16.9 Å². The largest absolute Gasteiger partial charge is 0.405 e. The number of rotatable bonds is 11. The average molecular weight is 637 g/mol. The fraction of sp³-hybridized carbons (Fsp3) is 0.0667. The van der Waals surface area contributed by atoms with E-state index in [1.165, 1.54) is 45.8 Å². The van der Waals surface area contributed by atoms with Crippen LogP contribution in [0.3, 0.4) is 0 Å². The molecule has 5 aromatic carbocycles. The van der Waals surface area contributed by atoms with Gasteiger partial charge in [-0.25, -0.2) is 4.99 Å². The van der Waals surface area contributed by atoms with Gasteiger partial charge in [0.25, 0.3) is 0 Å². The zero-order valence-electron chi connectivity index (χ0n) is 27.7. The zero-order valence-corrected chi connectivity index (χ0v) is 27.7. The van der Waals surface area contributed by atoms with Crippen LogP contribution >= 0.6 is 0 Å². The summed E-state index contributed by atoms with van der Waals surface area (Å²) in [6.45, 7) is 6.03. The molecule has 0 radical (unpaired) electrons. The van der Waals surface area contributed by atoms with Crippen molar-refractivity contribution in [2.75, 3.05) is 0 Å². The van der Waals surface area contributed by atoms with Crippen molar-refractivity contribution in [1.29, 1.82) is 5.41 Å². The molecule has 0 aromatic heterocycles. The van der Waals surface area contributed by atoms with Gasteiger partial charge in [0.15, 0.2) is 0 Å². The summed E-state index contributed by atoms with van der Waals surface area (Å²) in [5.74, 6) is 0.406. The molecule has 0 atom stereocenters. The van der Waals surface area contributed by atoms with E-state index < -0.39 is 5.41 Å². The van der Waals surface area contributed by atoms with Gasteiger partial charge in [-0.3, -0.25) is 0 Å². The van der Waals surface area contributed by atoms with Crippen LogP contribution in [0.15, 0.2) is 187 Å². The first-order valence-electron chi connectivity index (χ1n) is 16.4. The number of amidine groups is 1. The molecule has 0 amide bonds.